The normalized spacial score (nSPS) is 13.9. The minimum Gasteiger partial charge on any atom is -0.490 e. The first-order chi connectivity index (χ1) is 16.0. The summed E-state index contributed by atoms with van der Waals surface area (Å²) in [6.45, 7) is 4.52. The number of anilines is 1. The highest BCUT2D eigenvalue weighted by atomic mass is 79.9. The number of carbonyl (C=O) groups excluding carboxylic acids is 1. The van der Waals surface area contributed by atoms with E-state index in [4.69, 9.17) is 13.9 Å². The second-order valence-corrected chi connectivity index (χ2v) is 8.65. The lowest BCUT2D eigenvalue weighted by molar-refractivity contribution is -0.111. The Bertz CT molecular complexity index is 1190. The SMILES string of the molecule is CN(C)C#CC(=O)Nc1cc(-c2nc3cc(Br)ccc3o2)ccc1OCCN1CCOCC1. The van der Waals surface area contributed by atoms with Crippen LogP contribution in [0.3, 0.4) is 0 Å². The van der Waals surface area contributed by atoms with Gasteiger partial charge in [-0.1, -0.05) is 15.9 Å². The quantitative estimate of drug-likeness (QED) is 0.400. The number of carbonyl (C=O) groups is 1. The summed E-state index contributed by atoms with van der Waals surface area (Å²) in [5, 5.41) is 2.83. The highest BCUT2D eigenvalue weighted by molar-refractivity contribution is 9.10. The topological polar surface area (TPSA) is 80.1 Å². The molecule has 0 saturated carbocycles. The standard InChI is InChI=1S/C24H25BrN4O4/c1-28(2)8-7-23(30)26-19-15-17(24-27-20-16-18(25)4-6-22(20)33-24)3-5-21(19)32-14-11-29-9-12-31-13-10-29/h3-6,15-16H,9-14H2,1-2H3,(H,26,30). The molecular formula is C24H25BrN4O4. The number of ether oxygens (including phenoxy) is 2. The van der Waals surface area contributed by atoms with Crippen LogP contribution in [0.4, 0.5) is 5.69 Å². The van der Waals surface area contributed by atoms with Gasteiger partial charge < -0.3 is 24.1 Å². The van der Waals surface area contributed by atoms with Crippen molar-refractivity contribution in [2.45, 2.75) is 0 Å². The Hall–Kier alpha value is -3.06. The second-order valence-electron chi connectivity index (χ2n) is 7.73. The van der Waals surface area contributed by atoms with Crippen molar-refractivity contribution in [3.8, 4) is 29.2 Å². The van der Waals surface area contributed by atoms with Gasteiger partial charge in [-0.05, 0) is 36.4 Å². The Morgan fingerprint density at radius 1 is 1.24 bits per heavy atom. The predicted molar refractivity (Wildman–Crippen MR) is 130 cm³/mol. The van der Waals surface area contributed by atoms with E-state index < -0.39 is 5.91 Å². The van der Waals surface area contributed by atoms with Gasteiger partial charge in [0.05, 0.1) is 18.9 Å². The smallest absolute Gasteiger partial charge is 0.302 e. The highest BCUT2D eigenvalue weighted by Crippen LogP contribution is 2.32. The Morgan fingerprint density at radius 2 is 2.06 bits per heavy atom. The molecule has 0 atom stereocenters. The van der Waals surface area contributed by atoms with Crippen molar-refractivity contribution >= 4 is 38.6 Å². The number of amides is 1. The molecule has 2 aromatic carbocycles. The molecule has 1 N–H and O–H groups in total. The number of morpholine rings is 1. The average molecular weight is 513 g/mol. The average Bonchev–Trinajstić information content (AvgIpc) is 3.22. The van der Waals surface area contributed by atoms with E-state index in [1.807, 2.05) is 30.3 Å². The molecule has 3 aromatic rings. The van der Waals surface area contributed by atoms with Crippen LogP contribution in [0.1, 0.15) is 0 Å². The molecule has 0 bridgehead atoms. The van der Waals surface area contributed by atoms with Gasteiger partial charge in [-0.2, -0.15) is 0 Å². The third-order valence-electron chi connectivity index (χ3n) is 4.99. The van der Waals surface area contributed by atoms with Crippen molar-refractivity contribution in [3.05, 3.63) is 40.9 Å². The van der Waals surface area contributed by atoms with E-state index >= 15 is 0 Å². The van der Waals surface area contributed by atoms with Crippen LogP contribution in [-0.4, -0.2) is 74.2 Å². The molecule has 1 fully saturated rings. The van der Waals surface area contributed by atoms with Gasteiger partial charge >= 0.3 is 5.91 Å². The van der Waals surface area contributed by atoms with E-state index in [2.05, 4.69) is 43.1 Å². The number of hydrogen-bond donors (Lipinski definition) is 1. The maximum absolute atomic E-state index is 12.4. The monoisotopic (exact) mass is 512 g/mol. The van der Waals surface area contributed by atoms with Crippen molar-refractivity contribution in [1.82, 2.24) is 14.8 Å². The number of halogens is 1. The van der Waals surface area contributed by atoms with Gasteiger partial charge in [0.25, 0.3) is 0 Å². The van der Waals surface area contributed by atoms with Gasteiger partial charge in [0, 0.05) is 55.7 Å². The van der Waals surface area contributed by atoms with Crippen LogP contribution >= 0.6 is 15.9 Å². The van der Waals surface area contributed by atoms with E-state index in [9.17, 15) is 4.79 Å². The van der Waals surface area contributed by atoms with Crippen LogP contribution in [0.15, 0.2) is 45.3 Å². The fourth-order valence-electron chi connectivity index (χ4n) is 3.34. The molecule has 1 amide bonds. The fraction of sp³-hybridized carbons (Fsp3) is 0.333. The lowest BCUT2D eigenvalue weighted by atomic mass is 10.2. The molecule has 33 heavy (non-hydrogen) atoms. The molecule has 4 rings (SSSR count). The molecule has 172 valence electrons. The molecule has 1 aromatic heterocycles. The van der Waals surface area contributed by atoms with Crippen LogP contribution in [0, 0.1) is 12.0 Å². The summed E-state index contributed by atoms with van der Waals surface area (Å²) in [6.07, 6.45) is 0. The van der Waals surface area contributed by atoms with Gasteiger partial charge in [0.15, 0.2) is 5.58 Å². The zero-order chi connectivity index (χ0) is 23.2. The van der Waals surface area contributed by atoms with Gasteiger partial charge in [-0.15, -0.1) is 0 Å². The summed E-state index contributed by atoms with van der Waals surface area (Å²) in [6, 6.07) is 13.8. The lowest BCUT2D eigenvalue weighted by Gasteiger charge is -2.26. The summed E-state index contributed by atoms with van der Waals surface area (Å²) >= 11 is 3.45. The predicted octanol–water partition coefficient (Wildman–Crippen LogP) is 3.43. The molecule has 0 aliphatic carbocycles. The van der Waals surface area contributed by atoms with Crippen LogP contribution in [-0.2, 0) is 9.53 Å². The van der Waals surface area contributed by atoms with Gasteiger partial charge in [-0.25, -0.2) is 4.98 Å². The zero-order valence-electron chi connectivity index (χ0n) is 18.6. The summed E-state index contributed by atoms with van der Waals surface area (Å²) < 4.78 is 18.2. The van der Waals surface area contributed by atoms with Gasteiger partial charge in [0.2, 0.25) is 5.89 Å². The van der Waals surface area contributed by atoms with Gasteiger partial charge in [-0.3, -0.25) is 9.69 Å². The highest BCUT2D eigenvalue weighted by Gasteiger charge is 2.15. The second kappa shape index (κ2) is 10.7. The molecule has 0 unspecified atom stereocenters. The summed E-state index contributed by atoms with van der Waals surface area (Å²) in [4.78, 5) is 20.9. The van der Waals surface area contributed by atoms with E-state index in [1.165, 1.54) is 0 Å². The molecule has 1 aliphatic heterocycles. The molecule has 9 heteroatoms. The number of hydrogen-bond acceptors (Lipinski definition) is 7. The Balaban J connectivity index is 1.56. The first kappa shape index (κ1) is 23.1. The van der Waals surface area contributed by atoms with E-state index in [0.29, 0.717) is 29.5 Å². The number of benzene rings is 2. The Morgan fingerprint density at radius 3 is 2.85 bits per heavy atom. The molecule has 2 heterocycles. The number of oxazole rings is 1. The van der Waals surface area contributed by atoms with Crippen molar-refractivity contribution < 1.29 is 18.7 Å². The van der Waals surface area contributed by atoms with Crippen molar-refractivity contribution in [1.29, 1.82) is 0 Å². The van der Waals surface area contributed by atoms with Crippen LogP contribution in [0.25, 0.3) is 22.6 Å². The minimum atomic E-state index is -0.430. The largest absolute Gasteiger partial charge is 0.490 e. The summed E-state index contributed by atoms with van der Waals surface area (Å²) in [7, 11) is 3.54. The number of nitrogens with zero attached hydrogens (tertiary/aromatic N) is 3. The minimum absolute atomic E-state index is 0.430. The molecule has 0 spiro atoms. The van der Waals surface area contributed by atoms with Crippen molar-refractivity contribution in [2.24, 2.45) is 0 Å². The molecule has 1 saturated heterocycles. The third-order valence-corrected chi connectivity index (χ3v) is 5.48. The third kappa shape index (κ3) is 6.26. The van der Waals surface area contributed by atoms with Gasteiger partial charge in [0.1, 0.15) is 17.9 Å². The molecular weight excluding hydrogens is 488 g/mol. The first-order valence-electron chi connectivity index (χ1n) is 10.6. The molecule has 8 nitrogen and oxygen atoms in total. The van der Waals surface area contributed by atoms with E-state index in [0.717, 1.165) is 48.4 Å². The maximum Gasteiger partial charge on any atom is 0.302 e. The van der Waals surface area contributed by atoms with Crippen LogP contribution in [0.5, 0.6) is 5.75 Å². The zero-order valence-corrected chi connectivity index (χ0v) is 20.1. The fourth-order valence-corrected chi connectivity index (χ4v) is 3.69. The lowest BCUT2D eigenvalue weighted by Crippen LogP contribution is -2.38. The Labute approximate surface area is 201 Å². The summed E-state index contributed by atoms with van der Waals surface area (Å²) in [5.74, 6) is 3.14. The number of aromatic nitrogens is 1. The number of nitrogens with one attached hydrogen (secondary N) is 1. The summed E-state index contributed by atoms with van der Waals surface area (Å²) in [5.41, 5.74) is 2.66. The van der Waals surface area contributed by atoms with Crippen LogP contribution in [0.2, 0.25) is 0 Å². The molecule has 1 aliphatic rings. The van der Waals surface area contributed by atoms with Crippen molar-refractivity contribution in [2.75, 3.05) is 58.9 Å². The van der Waals surface area contributed by atoms with E-state index in [1.54, 1.807) is 25.1 Å². The maximum atomic E-state index is 12.4. The number of fused-ring (bicyclic) bond motifs is 1. The number of rotatable bonds is 6. The van der Waals surface area contributed by atoms with Crippen LogP contribution < -0.4 is 10.1 Å². The van der Waals surface area contributed by atoms with Crippen molar-refractivity contribution in [3.63, 3.8) is 0 Å². The molecule has 0 radical (unpaired) electrons. The Kier molecular flexibility index (Phi) is 7.50. The first-order valence-corrected chi connectivity index (χ1v) is 11.4. The van der Waals surface area contributed by atoms with E-state index in [-0.39, 0.29) is 0 Å².